The maximum Gasteiger partial charge on any atom is 0.270 e. The van der Waals surface area contributed by atoms with Crippen LogP contribution in [0.4, 0.5) is 5.69 Å². The first-order valence-electron chi connectivity index (χ1n) is 7.84. The summed E-state index contributed by atoms with van der Waals surface area (Å²) in [7, 11) is 0. The molecule has 2 aromatic carbocycles. The number of nitrogens with one attached hydrogen (secondary N) is 1. The first-order valence-corrected chi connectivity index (χ1v) is 8.37. The number of pyridine rings is 1. The van der Waals surface area contributed by atoms with Crippen molar-refractivity contribution in [3.05, 3.63) is 62.8 Å². The van der Waals surface area contributed by atoms with Crippen molar-refractivity contribution >= 4 is 28.2 Å². The first-order chi connectivity index (χ1) is 12.5. The van der Waals surface area contributed by atoms with Gasteiger partial charge in [0.15, 0.2) is 5.75 Å². The van der Waals surface area contributed by atoms with E-state index < -0.39 is 16.1 Å². The van der Waals surface area contributed by atoms with Gasteiger partial charge in [-0.2, -0.15) is 0 Å². The number of hydrogen-bond donors (Lipinski definition) is 2. The van der Waals surface area contributed by atoms with Crippen LogP contribution in [0.25, 0.3) is 22.2 Å². The van der Waals surface area contributed by atoms with Crippen LogP contribution in [0.2, 0.25) is 0 Å². The van der Waals surface area contributed by atoms with Crippen molar-refractivity contribution in [2.45, 2.75) is 6.42 Å². The fourth-order valence-corrected chi connectivity index (χ4v) is 2.66. The van der Waals surface area contributed by atoms with E-state index in [1.165, 1.54) is 12.1 Å². The van der Waals surface area contributed by atoms with Gasteiger partial charge in [-0.1, -0.05) is 0 Å². The van der Waals surface area contributed by atoms with Crippen molar-refractivity contribution in [3.8, 4) is 22.8 Å². The van der Waals surface area contributed by atoms with Gasteiger partial charge in [-0.05, 0) is 36.8 Å². The lowest BCUT2D eigenvalue weighted by atomic mass is 10.1. The first kappa shape index (κ1) is 17.8. The molecular formula is C18H15ClN2O5. The standard InChI is InChI=1S/C18H15ClN2O5/c19-8-1-9-26-13-5-2-11(3-6-13)16-18(23)17(22)14-10-12(21(24)25)4-7-15(14)20-16/h2-7,10,23H,1,8-9H2,(H,20,22). The molecule has 134 valence electrons. The van der Waals surface area contributed by atoms with Crippen molar-refractivity contribution in [2.75, 3.05) is 12.5 Å². The SMILES string of the molecule is O=c1c(O)c(-c2ccc(OCCCCl)cc2)[nH]c2ccc([N+](=O)[O-])cc12. The Morgan fingerprint density at radius 3 is 2.58 bits per heavy atom. The molecule has 1 heterocycles. The molecule has 26 heavy (non-hydrogen) atoms. The quantitative estimate of drug-likeness (QED) is 0.295. The third-order valence-corrected chi connectivity index (χ3v) is 4.13. The zero-order valence-corrected chi connectivity index (χ0v) is 14.3. The Balaban J connectivity index is 2.00. The molecule has 7 nitrogen and oxygen atoms in total. The number of aromatic nitrogens is 1. The topological polar surface area (TPSA) is 105 Å². The number of nitrogens with zero attached hydrogens (tertiary/aromatic N) is 1. The zero-order chi connectivity index (χ0) is 18.7. The van der Waals surface area contributed by atoms with Gasteiger partial charge in [-0.3, -0.25) is 14.9 Å². The van der Waals surface area contributed by atoms with E-state index in [-0.39, 0.29) is 16.8 Å². The number of H-pyrrole nitrogens is 1. The highest BCUT2D eigenvalue weighted by molar-refractivity contribution is 6.17. The number of rotatable bonds is 6. The molecule has 8 heteroatoms. The van der Waals surface area contributed by atoms with Gasteiger partial charge in [0.2, 0.25) is 5.43 Å². The van der Waals surface area contributed by atoms with E-state index >= 15 is 0 Å². The molecule has 3 aromatic rings. The fraction of sp³-hybridized carbons (Fsp3) is 0.167. The number of halogens is 1. The average Bonchev–Trinajstić information content (AvgIpc) is 2.65. The fourth-order valence-electron chi connectivity index (χ4n) is 2.55. The summed E-state index contributed by atoms with van der Waals surface area (Å²) in [6.07, 6.45) is 0.730. The second kappa shape index (κ2) is 7.45. The number of nitro benzene ring substituents is 1. The predicted molar refractivity (Wildman–Crippen MR) is 99.2 cm³/mol. The predicted octanol–water partition coefficient (Wildman–Crippen LogP) is 3.82. The van der Waals surface area contributed by atoms with Gasteiger partial charge in [0.1, 0.15) is 5.75 Å². The lowest BCUT2D eigenvalue weighted by molar-refractivity contribution is -0.384. The number of nitro groups is 1. The number of aromatic hydroxyl groups is 1. The van der Waals surface area contributed by atoms with E-state index in [1.54, 1.807) is 24.3 Å². The van der Waals surface area contributed by atoms with Gasteiger partial charge in [0, 0.05) is 23.6 Å². The summed E-state index contributed by atoms with van der Waals surface area (Å²) in [6, 6.07) is 10.7. The van der Waals surface area contributed by atoms with Crippen LogP contribution in [0.15, 0.2) is 47.3 Å². The van der Waals surface area contributed by atoms with Gasteiger partial charge < -0.3 is 14.8 Å². The van der Waals surface area contributed by atoms with E-state index in [0.717, 1.165) is 12.5 Å². The van der Waals surface area contributed by atoms with Crippen LogP contribution in [0.5, 0.6) is 11.5 Å². The number of benzene rings is 2. The monoisotopic (exact) mass is 374 g/mol. The number of fused-ring (bicyclic) bond motifs is 1. The van der Waals surface area contributed by atoms with Crippen molar-refractivity contribution in [3.63, 3.8) is 0 Å². The molecular weight excluding hydrogens is 360 g/mol. The van der Waals surface area contributed by atoms with Crippen molar-refractivity contribution in [2.24, 2.45) is 0 Å². The summed E-state index contributed by atoms with van der Waals surface area (Å²) < 4.78 is 5.51. The molecule has 0 aliphatic rings. The summed E-state index contributed by atoms with van der Waals surface area (Å²) in [6.45, 7) is 0.500. The van der Waals surface area contributed by atoms with Crippen LogP contribution >= 0.6 is 11.6 Å². The molecule has 0 unspecified atom stereocenters. The minimum atomic E-state index is -0.667. The summed E-state index contributed by atoms with van der Waals surface area (Å²) in [5.41, 5.74) is 0.345. The van der Waals surface area contributed by atoms with E-state index in [1.807, 2.05) is 0 Å². The zero-order valence-electron chi connectivity index (χ0n) is 13.6. The third-order valence-electron chi connectivity index (χ3n) is 3.86. The molecule has 0 amide bonds. The van der Waals surface area contributed by atoms with Crippen LogP contribution < -0.4 is 10.2 Å². The van der Waals surface area contributed by atoms with E-state index in [2.05, 4.69) is 4.98 Å². The second-order valence-electron chi connectivity index (χ2n) is 5.58. The normalized spacial score (nSPS) is 10.8. The van der Waals surface area contributed by atoms with Crippen LogP contribution in [0.3, 0.4) is 0 Å². The summed E-state index contributed by atoms with van der Waals surface area (Å²) in [5.74, 6) is 0.675. The van der Waals surface area contributed by atoms with E-state index in [4.69, 9.17) is 16.3 Å². The Morgan fingerprint density at radius 2 is 1.92 bits per heavy atom. The molecule has 1 aromatic heterocycles. The summed E-state index contributed by atoms with van der Waals surface area (Å²) in [5, 5.41) is 21.2. The van der Waals surface area contributed by atoms with Gasteiger partial charge in [0.25, 0.3) is 5.69 Å². The Morgan fingerprint density at radius 1 is 1.19 bits per heavy atom. The molecule has 0 radical (unpaired) electrons. The molecule has 0 aliphatic heterocycles. The van der Waals surface area contributed by atoms with Crippen LogP contribution in [-0.2, 0) is 0 Å². The highest BCUT2D eigenvalue weighted by Crippen LogP contribution is 2.29. The molecule has 0 spiro atoms. The van der Waals surface area contributed by atoms with Crippen LogP contribution in [-0.4, -0.2) is 27.5 Å². The van der Waals surface area contributed by atoms with Crippen molar-refractivity contribution in [1.82, 2.24) is 4.98 Å². The van der Waals surface area contributed by atoms with Gasteiger partial charge in [0.05, 0.1) is 28.1 Å². The Bertz CT molecular complexity index is 1010. The summed E-state index contributed by atoms with van der Waals surface area (Å²) >= 11 is 5.60. The largest absolute Gasteiger partial charge is 0.503 e. The second-order valence-corrected chi connectivity index (χ2v) is 5.96. The lowest BCUT2D eigenvalue weighted by Gasteiger charge is -2.09. The smallest absolute Gasteiger partial charge is 0.270 e. The molecule has 0 atom stereocenters. The molecule has 0 saturated carbocycles. The van der Waals surface area contributed by atoms with Gasteiger partial charge in [-0.15, -0.1) is 11.6 Å². The van der Waals surface area contributed by atoms with E-state index in [9.17, 15) is 20.0 Å². The highest BCUT2D eigenvalue weighted by Gasteiger charge is 2.15. The molecule has 3 rings (SSSR count). The highest BCUT2D eigenvalue weighted by atomic mass is 35.5. The van der Waals surface area contributed by atoms with Crippen LogP contribution in [0.1, 0.15) is 6.42 Å². The average molecular weight is 375 g/mol. The lowest BCUT2D eigenvalue weighted by Crippen LogP contribution is -2.05. The van der Waals surface area contributed by atoms with Crippen molar-refractivity contribution < 1.29 is 14.8 Å². The Labute approximate surface area is 153 Å². The maximum atomic E-state index is 12.4. The molecule has 0 fully saturated rings. The Hall–Kier alpha value is -3.06. The van der Waals surface area contributed by atoms with Gasteiger partial charge >= 0.3 is 0 Å². The molecule has 0 saturated heterocycles. The Kier molecular flexibility index (Phi) is 5.09. The van der Waals surface area contributed by atoms with Crippen molar-refractivity contribution in [1.29, 1.82) is 0 Å². The van der Waals surface area contributed by atoms with E-state index in [0.29, 0.717) is 29.3 Å². The van der Waals surface area contributed by atoms with Crippen LogP contribution in [0, 0.1) is 10.1 Å². The minimum absolute atomic E-state index is 0.0569. The minimum Gasteiger partial charge on any atom is -0.503 e. The third kappa shape index (κ3) is 3.48. The summed E-state index contributed by atoms with van der Waals surface area (Å²) in [4.78, 5) is 25.6. The molecule has 0 aliphatic carbocycles. The number of non-ortho nitro benzene ring substituents is 1. The maximum absolute atomic E-state index is 12.4. The number of aromatic amines is 1. The molecule has 0 bridgehead atoms. The molecule has 2 N–H and O–H groups in total. The number of alkyl halides is 1. The number of ether oxygens (including phenoxy) is 1. The van der Waals surface area contributed by atoms with Gasteiger partial charge in [-0.25, -0.2) is 0 Å². The number of hydrogen-bond acceptors (Lipinski definition) is 5.